The van der Waals surface area contributed by atoms with Crippen LogP contribution < -0.4 is 5.73 Å². The van der Waals surface area contributed by atoms with E-state index in [0.29, 0.717) is 18.4 Å². The monoisotopic (exact) mass is 370 g/mol. The predicted molar refractivity (Wildman–Crippen MR) is 102 cm³/mol. The van der Waals surface area contributed by atoms with Crippen molar-refractivity contribution < 1.29 is 4.79 Å². The van der Waals surface area contributed by atoms with Gasteiger partial charge in [-0.3, -0.25) is 9.48 Å². The van der Waals surface area contributed by atoms with Gasteiger partial charge in [0, 0.05) is 31.6 Å². The lowest BCUT2D eigenvalue weighted by atomic mass is 9.92. The van der Waals surface area contributed by atoms with Gasteiger partial charge >= 0.3 is 0 Å². The summed E-state index contributed by atoms with van der Waals surface area (Å²) in [4.78, 5) is 16.9. The summed E-state index contributed by atoms with van der Waals surface area (Å²) in [5.41, 5.74) is 6.98. The first kappa shape index (κ1) is 19.2. The van der Waals surface area contributed by atoms with Crippen molar-refractivity contribution in [1.29, 1.82) is 0 Å². The Balaban J connectivity index is 0.00000208. The van der Waals surface area contributed by atoms with E-state index < -0.39 is 0 Å². The lowest BCUT2D eigenvalue weighted by Gasteiger charge is -2.37. The third-order valence-electron chi connectivity index (χ3n) is 4.81. The summed E-state index contributed by atoms with van der Waals surface area (Å²) in [7, 11) is 1.95. The first-order chi connectivity index (χ1) is 10.9. The van der Waals surface area contributed by atoms with Gasteiger partial charge in [-0.1, -0.05) is 20.8 Å². The number of likely N-dealkylation sites (tertiary alicyclic amines) is 1. The maximum absolute atomic E-state index is 13.0. The van der Waals surface area contributed by atoms with Crippen LogP contribution in [0.25, 0.3) is 10.2 Å². The molecule has 0 aliphatic carbocycles. The van der Waals surface area contributed by atoms with Crippen molar-refractivity contribution in [2.45, 2.75) is 45.6 Å². The Morgan fingerprint density at radius 1 is 1.50 bits per heavy atom. The van der Waals surface area contributed by atoms with Crippen LogP contribution in [0.1, 0.15) is 54.9 Å². The average molecular weight is 371 g/mol. The molecule has 2 aromatic rings. The normalized spacial score (nSPS) is 21.3. The summed E-state index contributed by atoms with van der Waals surface area (Å²) in [6, 6.07) is 2.19. The first-order valence-corrected chi connectivity index (χ1v) is 9.21. The molecule has 0 bridgehead atoms. The number of hydrogen-bond acceptors (Lipinski definition) is 4. The Kier molecular flexibility index (Phi) is 5.94. The number of nitrogens with two attached hydrogens (primary N) is 1. The number of piperidine rings is 1. The van der Waals surface area contributed by atoms with Gasteiger partial charge in [-0.2, -0.15) is 5.10 Å². The Morgan fingerprint density at radius 2 is 2.21 bits per heavy atom. The van der Waals surface area contributed by atoms with E-state index in [1.165, 1.54) is 0 Å². The number of rotatable bonds is 3. The number of hydrogen-bond donors (Lipinski definition) is 1. The molecule has 0 spiro atoms. The van der Waals surface area contributed by atoms with Crippen LogP contribution in [0, 0.1) is 5.92 Å². The van der Waals surface area contributed by atoms with Crippen molar-refractivity contribution >= 4 is 39.9 Å². The summed E-state index contributed by atoms with van der Waals surface area (Å²) >= 11 is 1.55. The Hall–Kier alpha value is -1.11. The molecular formula is C17H27ClN4OS. The van der Waals surface area contributed by atoms with Crippen LogP contribution in [0.5, 0.6) is 0 Å². The second kappa shape index (κ2) is 7.42. The molecule has 5 nitrogen and oxygen atoms in total. The Morgan fingerprint density at radius 3 is 2.83 bits per heavy atom. The van der Waals surface area contributed by atoms with Crippen molar-refractivity contribution in [3.8, 4) is 0 Å². The maximum Gasteiger partial charge on any atom is 0.264 e. The van der Waals surface area contributed by atoms with Gasteiger partial charge in [-0.15, -0.1) is 23.7 Å². The van der Waals surface area contributed by atoms with Crippen LogP contribution in [0.15, 0.2) is 6.07 Å². The number of thiophene rings is 1. The van der Waals surface area contributed by atoms with Crippen molar-refractivity contribution in [3.05, 3.63) is 16.6 Å². The second-order valence-electron chi connectivity index (χ2n) is 7.01. The van der Waals surface area contributed by atoms with E-state index in [1.54, 1.807) is 11.3 Å². The van der Waals surface area contributed by atoms with E-state index in [1.807, 2.05) is 22.7 Å². The Bertz CT molecular complexity index is 724. The number of halogens is 1. The number of carbonyl (C=O) groups excluding carboxylic acids is 1. The third kappa shape index (κ3) is 3.32. The number of aryl methyl sites for hydroxylation is 1. The maximum atomic E-state index is 13.0. The minimum atomic E-state index is 0. The van der Waals surface area contributed by atoms with Crippen LogP contribution in [0.2, 0.25) is 0 Å². The molecule has 1 fully saturated rings. The number of aromatic nitrogens is 2. The van der Waals surface area contributed by atoms with Gasteiger partial charge in [-0.25, -0.2) is 0 Å². The van der Waals surface area contributed by atoms with Gasteiger partial charge in [0.05, 0.1) is 10.6 Å². The van der Waals surface area contributed by atoms with Crippen LogP contribution >= 0.6 is 23.7 Å². The SMILES string of the molecule is CC1CCN(C(=O)c2cc3c(C(C)C)nn(C)c3s2)C(CN)C1.Cl. The van der Waals surface area contributed by atoms with Crippen LogP contribution in [0.3, 0.4) is 0 Å². The number of amides is 1. The summed E-state index contributed by atoms with van der Waals surface area (Å²) < 4.78 is 1.89. The molecule has 3 rings (SSSR count). The largest absolute Gasteiger partial charge is 0.334 e. The highest BCUT2D eigenvalue weighted by Gasteiger charge is 2.31. The zero-order chi connectivity index (χ0) is 16.7. The highest BCUT2D eigenvalue weighted by Crippen LogP contribution is 2.33. The fourth-order valence-corrected chi connectivity index (χ4v) is 4.52. The van der Waals surface area contributed by atoms with Crippen LogP contribution in [-0.4, -0.2) is 39.7 Å². The van der Waals surface area contributed by atoms with Gasteiger partial charge < -0.3 is 10.6 Å². The zero-order valence-corrected chi connectivity index (χ0v) is 16.4. The molecule has 24 heavy (non-hydrogen) atoms. The molecule has 7 heteroatoms. The van der Waals surface area contributed by atoms with Gasteiger partial charge in [0.15, 0.2) is 0 Å². The zero-order valence-electron chi connectivity index (χ0n) is 14.8. The lowest BCUT2D eigenvalue weighted by molar-refractivity contribution is 0.0578. The Labute approximate surface area is 153 Å². The molecule has 0 radical (unpaired) electrons. The summed E-state index contributed by atoms with van der Waals surface area (Å²) in [6.45, 7) is 7.87. The second-order valence-corrected chi connectivity index (χ2v) is 8.04. The van der Waals surface area contributed by atoms with Crippen molar-refractivity contribution in [2.24, 2.45) is 18.7 Å². The van der Waals surface area contributed by atoms with Crippen molar-refractivity contribution in [3.63, 3.8) is 0 Å². The highest BCUT2D eigenvalue weighted by atomic mass is 35.5. The molecule has 1 amide bonds. The van der Waals surface area contributed by atoms with Crippen molar-refractivity contribution in [2.75, 3.05) is 13.1 Å². The standard InChI is InChI=1S/C17H26N4OS.ClH/c1-10(2)15-13-8-14(23-17(13)20(4)19-15)16(22)21-6-5-11(3)7-12(21)9-18;/h8,10-12H,5-7,9,18H2,1-4H3;1H. The lowest BCUT2D eigenvalue weighted by Crippen LogP contribution is -2.49. The fourth-order valence-electron chi connectivity index (χ4n) is 3.48. The molecule has 134 valence electrons. The fraction of sp³-hybridized carbons (Fsp3) is 0.647. The summed E-state index contributed by atoms with van der Waals surface area (Å²) in [6.07, 6.45) is 2.07. The van der Waals surface area contributed by atoms with Gasteiger partial charge in [0.1, 0.15) is 4.83 Å². The molecule has 1 saturated heterocycles. The van der Waals surface area contributed by atoms with Gasteiger partial charge in [0.25, 0.3) is 5.91 Å². The smallest absolute Gasteiger partial charge is 0.264 e. The molecule has 2 unspecified atom stereocenters. The molecular weight excluding hydrogens is 344 g/mol. The minimum absolute atomic E-state index is 0. The van der Waals surface area contributed by atoms with Crippen LogP contribution in [0.4, 0.5) is 0 Å². The average Bonchev–Trinajstić information content (AvgIpc) is 3.07. The van der Waals surface area contributed by atoms with E-state index in [2.05, 4.69) is 25.9 Å². The highest BCUT2D eigenvalue weighted by molar-refractivity contribution is 7.20. The minimum Gasteiger partial charge on any atom is -0.334 e. The topological polar surface area (TPSA) is 64.2 Å². The third-order valence-corrected chi connectivity index (χ3v) is 6.00. The molecule has 0 aromatic carbocycles. The van der Waals surface area contributed by atoms with E-state index in [-0.39, 0.29) is 24.4 Å². The van der Waals surface area contributed by atoms with E-state index in [0.717, 1.165) is 40.2 Å². The van der Waals surface area contributed by atoms with E-state index in [4.69, 9.17) is 5.73 Å². The number of fused-ring (bicyclic) bond motifs is 1. The van der Waals surface area contributed by atoms with E-state index in [9.17, 15) is 4.79 Å². The molecule has 0 saturated carbocycles. The quantitative estimate of drug-likeness (QED) is 0.900. The number of nitrogens with zero attached hydrogens (tertiary/aromatic N) is 3. The van der Waals surface area contributed by atoms with E-state index >= 15 is 0 Å². The number of carbonyl (C=O) groups is 1. The molecule has 2 aromatic heterocycles. The summed E-state index contributed by atoms with van der Waals surface area (Å²) in [5.74, 6) is 1.12. The van der Waals surface area contributed by atoms with Gasteiger partial charge in [0.2, 0.25) is 0 Å². The molecule has 3 heterocycles. The first-order valence-electron chi connectivity index (χ1n) is 8.39. The molecule has 2 N–H and O–H groups in total. The molecule has 2 atom stereocenters. The van der Waals surface area contributed by atoms with Crippen molar-refractivity contribution in [1.82, 2.24) is 14.7 Å². The molecule has 1 aliphatic rings. The van der Waals surface area contributed by atoms with Crippen LogP contribution in [-0.2, 0) is 7.05 Å². The predicted octanol–water partition coefficient (Wildman–Crippen LogP) is 3.38. The summed E-state index contributed by atoms with van der Waals surface area (Å²) in [5, 5.41) is 5.70. The molecule has 1 aliphatic heterocycles. The van der Waals surface area contributed by atoms with Gasteiger partial charge in [-0.05, 0) is 30.7 Å².